The van der Waals surface area contributed by atoms with Crippen LogP contribution in [-0.4, -0.2) is 37.0 Å². The predicted octanol–water partition coefficient (Wildman–Crippen LogP) is 5.33. The summed E-state index contributed by atoms with van der Waals surface area (Å²) in [5.41, 5.74) is 1.04. The fourth-order valence-electron chi connectivity index (χ4n) is 3.06. The number of nitrogens with one attached hydrogen (secondary N) is 1. The van der Waals surface area contributed by atoms with Gasteiger partial charge >= 0.3 is 12.1 Å². The predicted molar refractivity (Wildman–Crippen MR) is 127 cm³/mol. The maximum atomic E-state index is 13.9. The molecule has 2 N–H and O–H groups in total. The maximum Gasteiger partial charge on any atom is 0.412 e. The van der Waals surface area contributed by atoms with Gasteiger partial charge in [0.05, 0.1) is 18.9 Å². The fraction of sp³-hybridized carbons (Fsp3) is 0.308. The molecule has 0 radical (unpaired) electrons. The number of hydrogen-bond donors (Lipinski definition) is 2. The second-order valence-corrected chi connectivity index (χ2v) is 7.57. The Bertz CT molecular complexity index is 1050. The van der Waals surface area contributed by atoms with Crippen LogP contribution in [0.15, 0.2) is 66.3 Å². The topological polar surface area (TPSA) is 94.1 Å². The molecule has 2 aromatic carbocycles. The van der Waals surface area contributed by atoms with Gasteiger partial charge in [0, 0.05) is 18.1 Å². The van der Waals surface area contributed by atoms with E-state index in [4.69, 9.17) is 19.3 Å². The smallest absolute Gasteiger partial charge is 0.412 e. The van der Waals surface area contributed by atoms with Gasteiger partial charge in [-0.3, -0.25) is 5.32 Å². The first-order chi connectivity index (χ1) is 16.7. The van der Waals surface area contributed by atoms with Crippen molar-refractivity contribution in [3.05, 3.63) is 83.5 Å². The number of aliphatic hydroxyl groups is 1. The third kappa shape index (κ3) is 9.21. The summed E-state index contributed by atoms with van der Waals surface area (Å²) >= 11 is 0. The van der Waals surface area contributed by atoms with Crippen molar-refractivity contribution >= 4 is 17.7 Å². The van der Waals surface area contributed by atoms with Gasteiger partial charge < -0.3 is 19.3 Å². The Morgan fingerprint density at radius 2 is 1.86 bits per heavy atom. The van der Waals surface area contributed by atoms with Gasteiger partial charge in [0.15, 0.2) is 0 Å². The van der Waals surface area contributed by atoms with Crippen molar-refractivity contribution in [2.24, 2.45) is 5.92 Å². The van der Waals surface area contributed by atoms with Gasteiger partial charge in [0.1, 0.15) is 30.1 Å². The number of amides is 1. The van der Waals surface area contributed by atoms with Crippen molar-refractivity contribution in [3.8, 4) is 5.75 Å². The average molecular weight is 490 g/mol. The zero-order valence-electron chi connectivity index (χ0n) is 19.8. The monoisotopic (exact) mass is 489 g/mol. The molecule has 9 heteroatoms. The molecule has 0 spiro atoms. The molecular weight excluding hydrogens is 460 g/mol. The summed E-state index contributed by atoms with van der Waals surface area (Å²) in [7, 11) is 0. The van der Waals surface area contributed by atoms with Crippen molar-refractivity contribution in [3.63, 3.8) is 0 Å². The Morgan fingerprint density at radius 1 is 1.14 bits per heavy atom. The third-order valence-electron chi connectivity index (χ3n) is 4.74. The normalized spacial score (nSPS) is 13.3. The van der Waals surface area contributed by atoms with Gasteiger partial charge in [-0.05, 0) is 49.2 Å². The number of rotatable bonds is 11. The molecule has 0 aliphatic carbocycles. The molecule has 0 saturated heterocycles. The highest BCUT2D eigenvalue weighted by molar-refractivity contribution is 5.85. The second-order valence-electron chi connectivity index (χ2n) is 7.57. The minimum atomic E-state index is -0.934. The van der Waals surface area contributed by atoms with Gasteiger partial charge in [-0.2, -0.15) is 0 Å². The standard InChI is InChI=1S/C26H29F2NO6/c1-4-33-24(31)15-17(2)5-6-18(3)25(19-7-10-21(11-8-19)34-14-13-30)35-26(32)29-23-12-9-20(27)16-22(23)28/h5-12,15-16,18,25,30H,4,13-14H2,1-3H3,(H,29,32)/b6-5+,17-15+/t18-,25+/m0/s1. The summed E-state index contributed by atoms with van der Waals surface area (Å²) in [6, 6.07) is 9.51. The molecule has 7 nitrogen and oxygen atoms in total. The van der Waals surface area contributed by atoms with E-state index in [0.29, 0.717) is 23.0 Å². The number of benzene rings is 2. The van der Waals surface area contributed by atoms with E-state index in [1.165, 1.54) is 6.08 Å². The van der Waals surface area contributed by atoms with Crippen molar-refractivity contribution < 1.29 is 37.7 Å². The van der Waals surface area contributed by atoms with E-state index in [0.717, 1.165) is 12.1 Å². The maximum absolute atomic E-state index is 13.9. The summed E-state index contributed by atoms with van der Waals surface area (Å²) in [5.74, 6) is -2.01. The molecule has 188 valence electrons. The molecule has 0 fully saturated rings. The number of carbonyl (C=O) groups is 2. The molecule has 2 rings (SSSR count). The minimum Gasteiger partial charge on any atom is -0.491 e. The van der Waals surface area contributed by atoms with Crippen LogP contribution in [0.2, 0.25) is 0 Å². The molecule has 0 heterocycles. The van der Waals surface area contributed by atoms with Crippen molar-refractivity contribution in [1.82, 2.24) is 0 Å². The Balaban J connectivity index is 2.23. The third-order valence-corrected chi connectivity index (χ3v) is 4.74. The molecule has 0 bridgehead atoms. The second kappa shape index (κ2) is 13.9. The first-order valence-corrected chi connectivity index (χ1v) is 11.0. The summed E-state index contributed by atoms with van der Waals surface area (Å²) in [6.07, 6.45) is 3.09. The molecule has 0 aliphatic heterocycles. The number of carbonyl (C=O) groups excluding carboxylic acids is 2. The van der Waals surface area contributed by atoms with Crippen LogP contribution in [-0.2, 0) is 14.3 Å². The van der Waals surface area contributed by atoms with Gasteiger partial charge in [-0.25, -0.2) is 18.4 Å². The van der Waals surface area contributed by atoms with Crippen LogP contribution in [0.3, 0.4) is 0 Å². The van der Waals surface area contributed by atoms with Crippen LogP contribution in [0.1, 0.15) is 32.4 Å². The first-order valence-electron chi connectivity index (χ1n) is 11.0. The average Bonchev–Trinajstić information content (AvgIpc) is 2.82. The molecule has 2 atom stereocenters. The van der Waals surface area contributed by atoms with Crippen LogP contribution in [0.25, 0.3) is 0 Å². The van der Waals surface area contributed by atoms with Crippen molar-refractivity contribution in [2.75, 3.05) is 25.1 Å². The quantitative estimate of drug-likeness (QED) is 0.252. The van der Waals surface area contributed by atoms with E-state index in [2.05, 4.69) is 5.32 Å². The van der Waals surface area contributed by atoms with Crippen LogP contribution >= 0.6 is 0 Å². The largest absolute Gasteiger partial charge is 0.491 e. The molecule has 0 aromatic heterocycles. The highest BCUT2D eigenvalue weighted by atomic mass is 19.1. The van der Waals surface area contributed by atoms with E-state index in [-0.39, 0.29) is 31.4 Å². The fourth-order valence-corrected chi connectivity index (χ4v) is 3.06. The number of esters is 1. The Morgan fingerprint density at radius 3 is 2.49 bits per heavy atom. The molecule has 35 heavy (non-hydrogen) atoms. The van der Waals surface area contributed by atoms with Crippen LogP contribution in [0.5, 0.6) is 5.75 Å². The Hall–Kier alpha value is -3.72. The van der Waals surface area contributed by atoms with Gasteiger partial charge in [-0.15, -0.1) is 0 Å². The Kier molecular flexibility index (Phi) is 10.9. The number of ether oxygens (including phenoxy) is 3. The lowest BCUT2D eigenvalue weighted by Gasteiger charge is -2.23. The zero-order chi connectivity index (χ0) is 25.8. The van der Waals surface area contributed by atoms with E-state index in [1.54, 1.807) is 57.2 Å². The molecule has 0 saturated carbocycles. The molecule has 0 aliphatic rings. The number of anilines is 1. The summed E-state index contributed by atoms with van der Waals surface area (Å²) in [4.78, 5) is 24.2. The Labute approximate surface area is 203 Å². The number of halogens is 2. The van der Waals surface area contributed by atoms with Gasteiger partial charge in [0.25, 0.3) is 0 Å². The molecule has 2 aromatic rings. The summed E-state index contributed by atoms with van der Waals surface area (Å²) in [5, 5.41) is 11.2. The number of allylic oxidation sites excluding steroid dienone is 2. The van der Waals surface area contributed by atoms with E-state index in [9.17, 15) is 18.4 Å². The lowest BCUT2D eigenvalue weighted by molar-refractivity contribution is -0.137. The SMILES string of the molecule is CCOC(=O)/C=C(C)/C=C/[C@H](C)[C@@H](OC(=O)Nc1ccc(F)cc1F)c1ccc(OCCO)cc1. The molecular formula is C26H29F2NO6. The number of aliphatic hydroxyl groups excluding tert-OH is 1. The highest BCUT2D eigenvalue weighted by Gasteiger charge is 2.23. The summed E-state index contributed by atoms with van der Waals surface area (Å²) in [6.45, 7) is 5.52. The van der Waals surface area contributed by atoms with Crippen LogP contribution in [0, 0.1) is 17.6 Å². The molecule has 0 unspecified atom stereocenters. The zero-order valence-corrected chi connectivity index (χ0v) is 19.8. The van der Waals surface area contributed by atoms with E-state index in [1.807, 2.05) is 0 Å². The van der Waals surface area contributed by atoms with E-state index < -0.39 is 29.8 Å². The first kappa shape index (κ1) is 27.5. The summed E-state index contributed by atoms with van der Waals surface area (Å²) < 4.78 is 43.0. The van der Waals surface area contributed by atoms with Gasteiger partial charge in [0.2, 0.25) is 0 Å². The van der Waals surface area contributed by atoms with Crippen molar-refractivity contribution in [1.29, 1.82) is 0 Å². The highest BCUT2D eigenvalue weighted by Crippen LogP contribution is 2.30. The minimum absolute atomic E-state index is 0.131. The lowest BCUT2D eigenvalue weighted by atomic mass is 9.96. The lowest BCUT2D eigenvalue weighted by Crippen LogP contribution is -2.21. The molecule has 1 amide bonds. The van der Waals surface area contributed by atoms with Crippen molar-refractivity contribution in [2.45, 2.75) is 26.9 Å². The van der Waals surface area contributed by atoms with Gasteiger partial charge in [-0.1, -0.05) is 31.2 Å². The number of hydrogen-bond acceptors (Lipinski definition) is 6. The van der Waals surface area contributed by atoms with Crippen LogP contribution < -0.4 is 10.1 Å². The van der Waals surface area contributed by atoms with E-state index >= 15 is 0 Å². The van der Waals surface area contributed by atoms with Crippen LogP contribution in [0.4, 0.5) is 19.3 Å².